The molecule has 0 radical (unpaired) electrons. The molecule has 0 aromatic carbocycles. The van der Waals surface area contributed by atoms with Crippen molar-refractivity contribution in [2.45, 2.75) is 0 Å². The fourth-order valence-electron chi connectivity index (χ4n) is 1.27. The summed E-state index contributed by atoms with van der Waals surface area (Å²) in [6.07, 6.45) is 3.39. The largest absolute Gasteiger partial charge is 0.465 e. The number of nitrogens with zero attached hydrogens (tertiary/aromatic N) is 1. The summed E-state index contributed by atoms with van der Waals surface area (Å²) in [5, 5.41) is 3.71. The van der Waals surface area contributed by atoms with Crippen LogP contribution in [0.4, 0.5) is 5.88 Å². The van der Waals surface area contributed by atoms with Crippen LogP contribution in [-0.2, 0) is 4.74 Å². The van der Waals surface area contributed by atoms with Crippen LogP contribution in [0.5, 0.6) is 0 Å². The number of nitrogens with two attached hydrogens (primary N) is 1. The second-order valence-corrected chi connectivity index (χ2v) is 2.86. The standard InChI is InChI=1S/C9H9N3O3/c1-14-9(13)6-7(12-15-8(6)10)5-2-3-11-4-5/h2-4,11H,10H2,1H3. The van der Waals surface area contributed by atoms with Crippen LogP contribution in [0.1, 0.15) is 10.4 Å². The molecule has 0 aliphatic rings. The van der Waals surface area contributed by atoms with Crippen molar-refractivity contribution in [3.63, 3.8) is 0 Å². The van der Waals surface area contributed by atoms with Gasteiger partial charge in [0.05, 0.1) is 7.11 Å². The zero-order chi connectivity index (χ0) is 10.8. The Morgan fingerprint density at radius 2 is 2.47 bits per heavy atom. The van der Waals surface area contributed by atoms with E-state index in [0.29, 0.717) is 5.69 Å². The van der Waals surface area contributed by atoms with Crippen LogP contribution >= 0.6 is 0 Å². The van der Waals surface area contributed by atoms with E-state index in [1.54, 1.807) is 18.5 Å². The summed E-state index contributed by atoms with van der Waals surface area (Å²) in [5.41, 5.74) is 6.73. The van der Waals surface area contributed by atoms with Crippen LogP contribution in [0.2, 0.25) is 0 Å². The van der Waals surface area contributed by atoms with Crippen LogP contribution in [0.15, 0.2) is 23.0 Å². The number of esters is 1. The van der Waals surface area contributed by atoms with E-state index in [9.17, 15) is 4.79 Å². The van der Waals surface area contributed by atoms with Crippen molar-refractivity contribution in [3.8, 4) is 11.3 Å². The molecule has 0 amide bonds. The number of carbonyl (C=O) groups is 1. The second kappa shape index (κ2) is 3.49. The Morgan fingerprint density at radius 3 is 3.07 bits per heavy atom. The Bertz CT molecular complexity index is 473. The van der Waals surface area contributed by atoms with Gasteiger partial charge in [0.1, 0.15) is 5.69 Å². The molecule has 0 aliphatic carbocycles. The van der Waals surface area contributed by atoms with Crippen LogP contribution < -0.4 is 5.73 Å². The van der Waals surface area contributed by atoms with Crippen LogP contribution in [0, 0.1) is 0 Å². The number of hydrogen-bond donors (Lipinski definition) is 2. The Balaban J connectivity index is 2.54. The molecule has 0 unspecified atom stereocenters. The van der Waals surface area contributed by atoms with Gasteiger partial charge in [0.2, 0.25) is 5.88 Å². The fraction of sp³-hybridized carbons (Fsp3) is 0.111. The van der Waals surface area contributed by atoms with Gasteiger partial charge in [-0.3, -0.25) is 0 Å². The third-order valence-electron chi connectivity index (χ3n) is 1.98. The zero-order valence-corrected chi connectivity index (χ0v) is 7.98. The van der Waals surface area contributed by atoms with Crippen molar-refractivity contribution < 1.29 is 14.1 Å². The number of rotatable bonds is 2. The maximum Gasteiger partial charge on any atom is 0.345 e. The van der Waals surface area contributed by atoms with Gasteiger partial charge in [0.25, 0.3) is 0 Å². The molecule has 0 saturated heterocycles. The highest BCUT2D eigenvalue weighted by molar-refractivity contribution is 6.00. The molecule has 0 saturated carbocycles. The fourth-order valence-corrected chi connectivity index (χ4v) is 1.27. The minimum absolute atomic E-state index is 0.0435. The Kier molecular flexibility index (Phi) is 2.17. The van der Waals surface area contributed by atoms with Crippen molar-refractivity contribution >= 4 is 11.9 Å². The van der Waals surface area contributed by atoms with Gasteiger partial charge in [-0.2, -0.15) is 0 Å². The summed E-state index contributed by atoms with van der Waals surface area (Å²) in [5.74, 6) is -0.608. The lowest BCUT2D eigenvalue weighted by atomic mass is 10.1. The number of hydrogen-bond acceptors (Lipinski definition) is 5. The predicted octanol–water partition coefficient (Wildman–Crippen LogP) is 1.04. The molecule has 2 aromatic rings. The van der Waals surface area contributed by atoms with Crippen molar-refractivity contribution in [3.05, 3.63) is 24.0 Å². The molecular weight excluding hydrogens is 198 g/mol. The Hall–Kier alpha value is -2.24. The van der Waals surface area contributed by atoms with Gasteiger partial charge in [-0.25, -0.2) is 4.79 Å². The van der Waals surface area contributed by atoms with Gasteiger partial charge in [-0.1, -0.05) is 5.16 Å². The van der Waals surface area contributed by atoms with Gasteiger partial charge in [-0.05, 0) is 6.07 Å². The number of methoxy groups -OCH3 is 1. The topological polar surface area (TPSA) is 94.1 Å². The predicted molar refractivity (Wildman–Crippen MR) is 52.0 cm³/mol. The smallest absolute Gasteiger partial charge is 0.345 e. The maximum atomic E-state index is 11.4. The third-order valence-corrected chi connectivity index (χ3v) is 1.98. The molecule has 15 heavy (non-hydrogen) atoms. The summed E-state index contributed by atoms with van der Waals surface area (Å²) in [6, 6.07) is 1.75. The van der Waals surface area contributed by atoms with Crippen LogP contribution in [0.3, 0.4) is 0 Å². The number of H-pyrrole nitrogens is 1. The minimum atomic E-state index is -0.565. The van der Waals surface area contributed by atoms with Gasteiger partial charge in [0.15, 0.2) is 5.56 Å². The highest BCUT2D eigenvalue weighted by Crippen LogP contribution is 2.27. The second-order valence-electron chi connectivity index (χ2n) is 2.86. The maximum absolute atomic E-state index is 11.4. The first-order valence-electron chi connectivity index (χ1n) is 4.20. The molecule has 0 fully saturated rings. The summed E-state index contributed by atoms with van der Waals surface area (Å²) in [7, 11) is 1.27. The minimum Gasteiger partial charge on any atom is -0.465 e. The lowest BCUT2D eigenvalue weighted by molar-refractivity contribution is 0.0602. The van der Waals surface area contributed by atoms with E-state index < -0.39 is 5.97 Å². The molecular formula is C9H9N3O3. The molecule has 0 bridgehead atoms. The number of aromatic nitrogens is 2. The average molecular weight is 207 g/mol. The first kappa shape index (κ1) is 9.32. The number of nitrogen functional groups attached to an aromatic ring is 1. The van der Waals surface area contributed by atoms with Gasteiger partial charge < -0.3 is 20.0 Å². The van der Waals surface area contributed by atoms with Gasteiger partial charge in [-0.15, -0.1) is 0 Å². The van der Waals surface area contributed by atoms with Gasteiger partial charge >= 0.3 is 5.97 Å². The van der Waals surface area contributed by atoms with Crippen molar-refractivity contribution in [1.82, 2.24) is 10.1 Å². The van der Waals surface area contributed by atoms with E-state index in [-0.39, 0.29) is 11.4 Å². The highest BCUT2D eigenvalue weighted by atomic mass is 16.5. The number of aromatic amines is 1. The van der Waals surface area contributed by atoms with Crippen LogP contribution in [0.25, 0.3) is 11.3 Å². The molecule has 3 N–H and O–H groups in total. The third kappa shape index (κ3) is 1.45. The van der Waals surface area contributed by atoms with E-state index in [1.807, 2.05) is 0 Å². The van der Waals surface area contributed by atoms with E-state index in [2.05, 4.69) is 14.9 Å². The Labute approximate surface area is 85.0 Å². The van der Waals surface area contributed by atoms with E-state index in [4.69, 9.17) is 10.3 Å². The normalized spacial score (nSPS) is 10.2. The van der Waals surface area contributed by atoms with Gasteiger partial charge in [0, 0.05) is 18.0 Å². The van der Waals surface area contributed by atoms with Crippen molar-refractivity contribution in [2.24, 2.45) is 0 Å². The molecule has 6 nitrogen and oxygen atoms in total. The lowest BCUT2D eigenvalue weighted by Gasteiger charge is -1.97. The monoisotopic (exact) mass is 207 g/mol. The Morgan fingerprint density at radius 1 is 1.67 bits per heavy atom. The van der Waals surface area contributed by atoms with Crippen LogP contribution in [-0.4, -0.2) is 23.2 Å². The van der Waals surface area contributed by atoms with E-state index >= 15 is 0 Å². The number of carbonyl (C=O) groups excluding carboxylic acids is 1. The van der Waals surface area contributed by atoms with E-state index in [1.165, 1.54) is 7.11 Å². The summed E-state index contributed by atoms with van der Waals surface area (Å²) in [4.78, 5) is 14.2. The summed E-state index contributed by atoms with van der Waals surface area (Å²) >= 11 is 0. The quantitative estimate of drug-likeness (QED) is 0.717. The molecule has 2 aromatic heterocycles. The summed E-state index contributed by atoms with van der Waals surface area (Å²) < 4.78 is 9.34. The zero-order valence-electron chi connectivity index (χ0n) is 7.98. The molecule has 0 spiro atoms. The molecule has 2 heterocycles. The molecule has 2 rings (SSSR count). The molecule has 6 heteroatoms. The number of ether oxygens (including phenoxy) is 1. The summed E-state index contributed by atoms with van der Waals surface area (Å²) in [6.45, 7) is 0. The molecule has 0 aliphatic heterocycles. The number of nitrogens with one attached hydrogen (secondary N) is 1. The van der Waals surface area contributed by atoms with E-state index in [0.717, 1.165) is 5.56 Å². The van der Waals surface area contributed by atoms with Crippen molar-refractivity contribution in [2.75, 3.05) is 12.8 Å². The molecule has 0 atom stereocenters. The molecule has 78 valence electrons. The first-order chi connectivity index (χ1) is 7.24. The lowest BCUT2D eigenvalue weighted by Crippen LogP contribution is -2.04. The average Bonchev–Trinajstić information content (AvgIpc) is 2.85. The first-order valence-corrected chi connectivity index (χ1v) is 4.20. The number of anilines is 1. The highest BCUT2D eigenvalue weighted by Gasteiger charge is 2.23. The SMILES string of the molecule is COC(=O)c1c(-c2cc[nH]c2)noc1N. The van der Waals surface area contributed by atoms with Crippen molar-refractivity contribution in [1.29, 1.82) is 0 Å².